The maximum absolute atomic E-state index is 8.79. The van der Waals surface area contributed by atoms with Gasteiger partial charge in [-0.1, -0.05) is 165 Å². The van der Waals surface area contributed by atoms with Crippen LogP contribution in [0.4, 0.5) is 11.4 Å². The first-order chi connectivity index (χ1) is 37.8. The number of benzene rings is 7. The number of fused-ring (bicyclic) bond motifs is 10. The lowest BCUT2D eigenvalue weighted by Gasteiger charge is -2.27. The molecule has 0 N–H and O–H groups in total. The van der Waals surface area contributed by atoms with Crippen LogP contribution < -0.4 is 9.64 Å². The number of ether oxygens (including phenoxy) is 1. The first kappa shape index (κ1) is 35.2. The third-order valence-electron chi connectivity index (χ3n) is 14.1. The van der Waals surface area contributed by atoms with Gasteiger partial charge in [0.1, 0.15) is 24.0 Å². The second-order valence-electron chi connectivity index (χ2n) is 20.9. The highest BCUT2D eigenvalue weighted by atomic mass is 16.5. The van der Waals surface area contributed by atoms with Gasteiger partial charge in [0.05, 0.1) is 33.3 Å². The van der Waals surface area contributed by atoms with E-state index in [1.54, 1.807) is 6.20 Å². The summed E-state index contributed by atoms with van der Waals surface area (Å²) in [4.78, 5) is 12.2. The molecule has 5 heterocycles. The molecule has 71 heavy (non-hydrogen) atoms. The zero-order chi connectivity index (χ0) is 56.5. The highest BCUT2D eigenvalue weighted by Crippen LogP contribution is 2.46. The second-order valence-corrected chi connectivity index (χ2v) is 20.9. The van der Waals surface area contributed by atoms with Crippen LogP contribution in [-0.2, 0) is 22.9 Å². The molecule has 0 aliphatic carbocycles. The van der Waals surface area contributed by atoms with E-state index in [1.807, 2.05) is 106 Å². The molecule has 7 aromatic carbocycles. The fourth-order valence-electron chi connectivity index (χ4n) is 10.5. The van der Waals surface area contributed by atoms with Crippen molar-refractivity contribution in [3.05, 3.63) is 199 Å². The van der Waals surface area contributed by atoms with E-state index < -0.39 is 31.4 Å². The van der Waals surface area contributed by atoms with E-state index >= 15 is 0 Å². The van der Waals surface area contributed by atoms with Gasteiger partial charge in [0.15, 0.2) is 0 Å². The Labute approximate surface area is 428 Å². The van der Waals surface area contributed by atoms with E-state index in [4.69, 9.17) is 27.0 Å². The minimum Gasteiger partial charge on any atom is -0.457 e. The summed E-state index contributed by atoms with van der Waals surface area (Å²) in [6, 6.07) is 56.1. The van der Waals surface area contributed by atoms with E-state index in [-0.39, 0.29) is 11.0 Å². The van der Waals surface area contributed by atoms with Gasteiger partial charge in [-0.2, -0.15) is 0 Å². The zero-order valence-electron chi connectivity index (χ0n) is 49.7. The van der Waals surface area contributed by atoms with Gasteiger partial charge >= 0.3 is 0 Å². The number of hydrogen-bond acceptors (Lipinski definition) is 4. The molecule has 0 spiro atoms. The lowest BCUT2D eigenvalue weighted by atomic mass is 9.78. The number of rotatable bonds is 5. The Morgan fingerprint density at radius 3 is 1.92 bits per heavy atom. The fraction of sp³-hybridized carbons (Fsp3) is 0.200. The van der Waals surface area contributed by atoms with Crippen molar-refractivity contribution < 1.29 is 17.1 Å². The Bertz CT molecular complexity index is 4350. The first-order valence-electron chi connectivity index (χ1n) is 28.7. The van der Waals surface area contributed by atoms with Crippen LogP contribution in [0, 0.1) is 0 Å². The molecule has 11 aromatic rings. The van der Waals surface area contributed by atoms with E-state index in [9.17, 15) is 0 Å². The van der Waals surface area contributed by atoms with Crippen molar-refractivity contribution in [2.45, 2.75) is 85.0 Å². The molecule has 0 unspecified atom stereocenters. The lowest BCUT2D eigenvalue weighted by Crippen LogP contribution is -2.17. The van der Waals surface area contributed by atoms with Crippen LogP contribution in [0.3, 0.4) is 0 Å². The highest BCUT2D eigenvalue weighted by molar-refractivity contribution is 6.21. The van der Waals surface area contributed by atoms with Gasteiger partial charge in [0.25, 0.3) is 0 Å². The number of para-hydroxylation sites is 3. The zero-order valence-corrected chi connectivity index (χ0v) is 40.7. The highest BCUT2D eigenvalue weighted by Gasteiger charge is 2.28. The van der Waals surface area contributed by atoms with Crippen molar-refractivity contribution in [1.29, 1.82) is 0 Å². The summed E-state index contributed by atoms with van der Waals surface area (Å²) in [6.07, 6.45) is 3.66. The topological polar surface area (TPSA) is 48.1 Å². The molecule has 0 saturated heterocycles. The van der Waals surface area contributed by atoms with E-state index in [1.165, 1.54) is 17.7 Å². The molecule has 350 valence electrons. The Morgan fingerprint density at radius 1 is 0.479 bits per heavy atom. The van der Waals surface area contributed by atoms with E-state index in [2.05, 4.69) is 114 Å². The molecule has 1 aliphatic rings. The molecule has 0 atom stereocenters. The summed E-state index contributed by atoms with van der Waals surface area (Å²) in [6.45, 7) is 2.31. The van der Waals surface area contributed by atoms with Crippen molar-refractivity contribution >= 4 is 76.7 Å². The van der Waals surface area contributed by atoms with Gasteiger partial charge in [0, 0.05) is 80.4 Å². The SMILES string of the molecule is [2H]C([2H])([2H])C(c1cc(-c2cccc3c4cccnc4c4ccccc4c4cccc5c4n(c23)CN5c2cccc(Oc3ccc4c5ccccc5n(-c5cc(C(C)(C)C)ccn5)c4c3)c2)cc(C(C)(C)C)c1)(C([2H])([2H])[2H])C([2H])([2H])[2H]. The Balaban J connectivity index is 1.08. The van der Waals surface area contributed by atoms with Crippen LogP contribution in [0.5, 0.6) is 11.5 Å². The van der Waals surface area contributed by atoms with Gasteiger partial charge < -0.3 is 14.2 Å². The quantitative estimate of drug-likeness (QED) is 0.173. The van der Waals surface area contributed by atoms with Crippen LogP contribution in [0.2, 0.25) is 0 Å². The summed E-state index contributed by atoms with van der Waals surface area (Å²) in [5.74, 6) is 2.09. The van der Waals surface area contributed by atoms with Crippen LogP contribution in [0.1, 0.15) is 91.1 Å². The number of aromatic nitrogens is 4. The molecule has 12 rings (SSSR count). The average Bonchev–Trinajstić information content (AvgIpc) is 3.97. The van der Waals surface area contributed by atoms with Crippen LogP contribution in [0.25, 0.3) is 82.2 Å². The molecule has 0 radical (unpaired) electrons. The molecule has 0 bridgehead atoms. The molecular formula is C65H59N5O. The number of pyridine rings is 2. The average molecular weight is 935 g/mol. The van der Waals surface area contributed by atoms with Crippen molar-refractivity contribution in [3.8, 4) is 28.4 Å². The van der Waals surface area contributed by atoms with E-state index in [0.29, 0.717) is 34.9 Å². The minimum atomic E-state index is -3.47. The standard InChI is InChI=1S/C65H59N5O/c1-63(2,3)42-31-33-66-59(37-42)70-56-27-13-12-21-50(56)51-30-29-47(39-58(51)70)71-46-19-14-18-45(38-46)68-40-69-61-48(41-34-43(64(4,5)6)36-44(35-41)65(7,8)9)23-15-24-55(61)53-26-17-32-67-60(53)52-22-11-10-20-49(52)54-25-16-28-57(68)62(54)69/h10-39H,40H2,1-9H3/i4D3,5D3,6D3. The van der Waals surface area contributed by atoms with Gasteiger partial charge in [-0.15, -0.1) is 0 Å². The molecule has 0 saturated carbocycles. The monoisotopic (exact) mass is 935 g/mol. The van der Waals surface area contributed by atoms with Crippen molar-refractivity contribution in [1.82, 2.24) is 19.1 Å². The van der Waals surface area contributed by atoms with Crippen LogP contribution in [0.15, 0.2) is 182 Å². The predicted octanol–water partition coefficient (Wildman–Crippen LogP) is 17.6. The molecule has 6 nitrogen and oxygen atoms in total. The summed E-state index contributed by atoms with van der Waals surface area (Å²) >= 11 is 0. The molecule has 1 aliphatic heterocycles. The van der Waals surface area contributed by atoms with E-state index in [0.717, 1.165) is 82.5 Å². The smallest absolute Gasteiger partial charge is 0.137 e. The summed E-state index contributed by atoms with van der Waals surface area (Å²) < 4.78 is 90.4. The third-order valence-corrected chi connectivity index (χ3v) is 14.1. The van der Waals surface area contributed by atoms with Gasteiger partial charge in [-0.25, -0.2) is 4.98 Å². The van der Waals surface area contributed by atoms with Crippen LogP contribution >= 0.6 is 0 Å². The largest absolute Gasteiger partial charge is 0.457 e. The van der Waals surface area contributed by atoms with Crippen molar-refractivity contribution in [2.75, 3.05) is 4.90 Å². The molecule has 0 amide bonds. The Morgan fingerprint density at radius 2 is 1.13 bits per heavy atom. The maximum Gasteiger partial charge on any atom is 0.137 e. The summed E-state index contributed by atoms with van der Waals surface area (Å²) in [5.41, 5.74) is 4.71. The first-order valence-corrected chi connectivity index (χ1v) is 24.2. The molecule has 4 aromatic heterocycles. The minimum absolute atomic E-state index is 0.0800. The second kappa shape index (κ2) is 16.3. The van der Waals surface area contributed by atoms with Gasteiger partial charge in [-0.05, 0) is 98.5 Å². The maximum atomic E-state index is 8.79. The number of nitrogens with zero attached hydrogens (tertiary/aromatic N) is 5. The lowest BCUT2D eigenvalue weighted by molar-refractivity contribution is 0.483. The molecule has 6 heteroatoms. The summed E-state index contributed by atoms with van der Waals surface area (Å²) in [7, 11) is 0. The molecular weight excluding hydrogens is 867 g/mol. The number of anilines is 2. The Hall–Kier alpha value is -7.96. The van der Waals surface area contributed by atoms with Crippen LogP contribution in [-0.4, -0.2) is 19.1 Å². The number of hydrogen-bond donors (Lipinski definition) is 0. The molecule has 0 fully saturated rings. The Kier molecular flexibility index (Phi) is 8.08. The normalized spacial score (nSPS) is 15.5. The van der Waals surface area contributed by atoms with Crippen molar-refractivity contribution in [2.24, 2.45) is 0 Å². The third kappa shape index (κ3) is 7.56. The fourth-order valence-corrected chi connectivity index (χ4v) is 10.5. The van der Waals surface area contributed by atoms with Gasteiger partial charge in [0.2, 0.25) is 0 Å². The predicted molar refractivity (Wildman–Crippen MR) is 299 cm³/mol. The van der Waals surface area contributed by atoms with Gasteiger partial charge in [-0.3, -0.25) is 9.55 Å². The van der Waals surface area contributed by atoms with Crippen molar-refractivity contribution in [3.63, 3.8) is 0 Å². The summed E-state index contributed by atoms with van der Waals surface area (Å²) in [5, 5.41) is 6.66.